The fourth-order valence-corrected chi connectivity index (χ4v) is 3.76. The summed E-state index contributed by atoms with van der Waals surface area (Å²) in [6.45, 7) is 2.38. The zero-order chi connectivity index (χ0) is 25.5. The number of rotatable bonds is 10. The molecule has 1 N–H and O–H groups in total. The van der Waals surface area contributed by atoms with Crippen molar-refractivity contribution in [2.24, 2.45) is 5.10 Å². The number of nitrogens with one attached hydrogen (secondary N) is 1. The predicted octanol–water partition coefficient (Wildman–Crippen LogP) is 7.00. The van der Waals surface area contributed by atoms with Crippen LogP contribution in [0.1, 0.15) is 18.1 Å². The largest absolute Gasteiger partial charge is 0.490 e. The van der Waals surface area contributed by atoms with Gasteiger partial charge in [-0.15, -0.1) is 0 Å². The third-order valence-corrected chi connectivity index (χ3v) is 5.81. The van der Waals surface area contributed by atoms with Crippen molar-refractivity contribution in [3.05, 3.63) is 94.4 Å². The van der Waals surface area contributed by atoms with Gasteiger partial charge in [-0.25, -0.2) is 0 Å². The normalized spacial score (nSPS) is 10.9. The van der Waals surface area contributed by atoms with Crippen LogP contribution in [0.25, 0.3) is 0 Å². The second kappa shape index (κ2) is 11.8. The van der Waals surface area contributed by atoms with Gasteiger partial charge in [-0.05, 0) is 53.2 Å². The van der Waals surface area contributed by atoms with Crippen LogP contribution in [0.5, 0.6) is 11.5 Å². The van der Waals surface area contributed by atoms with Crippen LogP contribution >= 0.6 is 39.1 Å². The van der Waals surface area contributed by atoms with E-state index in [1.54, 1.807) is 30.3 Å². The molecular formula is C22H17BrCl2N4O6. The molecule has 0 saturated carbocycles. The maximum absolute atomic E-state index is 11.3. The maximum Gasteiger partial charge on any atom is 0.301 e. The van der Waals surface area contributed by atoms with E-state index >= 15 is 0 Å². The number of nitrogens with zero attached hydrogens (tertiary/aromatic N) is 3. The number of benzene rings is 3. The minimum atomic E-state index is -0.729. The van der Waals surface area contributed by atoms with Gasteiger partial charge in [0.05, 0.1) is 28.7 Å². The van der Waals surface area contributed by atoms with Crippen LogP contribution in [0.15, 0.2) is 58.1 Å². The Labute approximate surface area is 217 Å². The highest BCUT2D eigenvalue weighted by Gasteiger charge is 2.19. The average molecular weight is 584 g/mol. The Morgan fingerprint density at radius 3 is 2.43 bits per heavy atom. The molecule has 0 amide bonds. The Morgan fingerprint density at radius 2 is 1.77 bits per heavy atom. The SMILES string of the molecule is CCOc1cc(/C=N/Nc2ccc([N+](=O)[O-])cc2[N+](=O)[O-])c(Br)cc1OCc1ccc(Cl)cc1Cl. The molecule has 10 nitrogen and oxygen atoms in total. The summed E-state index contributed by atoms with van der Waals surface area (Å²) < 4.78 is 12.2. The molecule has 3 rings (SSSR count). The summed E-state index contributed by atoms with van der Waals surface area (Å²) in [5.41, 5.74) is 3.00. The lowest BCUT2D eigenvalue weighted by atomic mass is 10.2. The third kappa shape index (κ3) is 6.81. The van der Waals surface area contributed by atoms with E-state index in [2.05, 4.69) is 26.5 Å². The van der Waals surface area contributed by atoms with Gasteiger partial charge in [0.15, 0.2) is 11.5 Å². The maximum atomic E-state index is 11.3. The quantitative estimate of drug-likeness (QED) is 0.154. The number of ether oxygens (including phenoxy) is 2. The number of anilines is 1. The number of non-ortho nitro benzene ring substituents is 1. The summed E-state index contributed by atoms with van der Waals surface area (Å²) in [6, 6.07) is 11.7. The molecule has 0 aliphatic carbocycles. The van der Waals surface area contributed by atoms with Crippen molar-refractivity contribution in [1.82, 2.24) is 0 Å². The minimum absolute atomic E-state index is 0.00204. The molecule has 0 unspecified atom stereocenters. The molecule has 0 atom stereocenters. The molecule has 0 aliphatic rings. The summed E-state index contributed by atoms with van der Waals surface area (Å²) in [5.74, 6) is 0.907. The van der Waals surface area contributed by atoms with E-state index in [0.29, 0.717) is 38.2 Å². The molecule has 0 bridgehead atoms. The van der Waals surface area contributed by atoms with Crippen molar-refractivity contribution in [1.29, 1.82) is 0 Å². The number of hydrazone groups is 1. The van der Waals surface area contributed by atoms with Crippen LogP contribution in [0.2, 0.25) is 10.0 Å². The van der Waals surface area contributed by atoms with Gasteiger partial charge in [-0.1, -0.05) is 29.3 Å². The van der Waals surface area contributed by atoms with Crippen molar-refractivity contribution >= 4 is 62.4 Å². The van der Waals surface area contributed by atoms with Crippen LogP contribution in [0, 0.1) is 20.2 Å². The van der Waals surface area contributed by atoms with Crippen molar-refractivity contribution in [2.45, 2.75) is 13.5 Å². The lowest BCUT2D eigenvalue weighted by molar-refractivity contribution is -0.393. The van der Waals surface area contributed by atoms with E-state index < -0.39 is 21.2 Å². The molecular weight excluding hydrogens is 567 g/mol. The van der Waals surface area contributed by atoms with Gasteiger partial charge in [0.1, 0.15) is 12.3 Å². The molecule has 0 fully saturated rings. The summed E-state index contributed by atoms with van der Waals surface area (Å²) in [7, 11) is 0. The van der Waals surface area contributed by atoms with Crippen molar-refractivity contribution < 1.29 is 19.3 Å². The average Bonchev–Trinajstić information content (AvgIpc) is 2.80. The van der Waals surface area contributed by atoms with Crippen molar-refractivity contribution in [2.75, 3.05) is 12.0 Å². The van der Waals surface area contributed by atoms with E-state index in [4.69, 9.17) is 32.7 Å². The van der Waals surface area contributed by atoms with E-state index in [-0.39, 0.29) is 12.3 Å². The van der Waals surface area contributed by atoms with Crippen LogP contribution in [0.3, 0.4) is 0 Å². The van der Waals surface area contributed by atoms with E-state index in [1.165, 1.54) is 12.3 Å². The van der Waals surface area contributed by atoms with E-state index in [0.717, 1.165) is 17.7 Å². The fraction of sp³-hybridized carbons (Fsp3) is 0.136. The first kappa shape index (κ1) is 26.2. The highest BCUT2D eigenvalue weighted by atomic mass is 79.9. The number of hydrogen-bond donors (Lipinski definition) is 1. The molecule has 35 heavy (non-hydrogen) atoms. The zero-order valence-corrected chi connectivity index (χ0v) is 21.1. The molecule has 0 radical (unpaired) electrons. The van der Waals surface area contributed by atoms with Crippen LogP contribution in [-0.4, -0.2) is 22.7 Å². The topological polar surface area (TPSA) is 129 Å². The first-order valence-electron chi connectivity index (χ1n) is 9.94. The molecule has 0 spiro atoms. The molecule has 0 aliphatic heterocycles. The Bertz CT molecular complexity index is 1310. The highest BCUT2D eigenvalue weighted by Crippen LogP contribution is 2.35. The lowest BCUT2D eigenvalue weighted by Crippen LogP contribution is -2.02. The summed E-state index contributed by atoms with van der Waals surface area (Å²) in [5, 5.41) is 27.2. The molecule has 182 valence electrons. The zero-order valence-electron chi connectivity index (χ0n) is 18.0. The number of nitro benzene ring substituents is 2. The van der Waals surface area contributed by atoms with E-state index in [9.17, 15) is 20.2 Å². The molecule has 0 saturated heterocycles. The highest BCUT2D eigenvalue weighted by molar-refractivity contribution is 9.10. The predicted molar refractivity (Wildman–Crippen MR) is 137 cm³/mol. The Morgan fingerprint density at radius 1 is 1.03 bits per heavy atom. The van der Waals surface area contributed by atoms with Gasteiger partial charge in [0.25, 0.3) is 5.69 Å². The Kier molecular flexibility index (Phi) is 8.85. The van der Waals surface area contributed by atoms with Gasteiger partial charge < -0.3 is 9.47 Å². The Hall–Kier alpha value is -3.41. The van der Waals surface area contributed by atoms with Crippen LogP contribution in [-0.2, 0) is 6.61 Å². The third-order valence-electron chi connectivity index (χ3n) is 4.54. The molecule has 3 aromatic rings. The standard InChI is InChI=1S/C22H17BrCl2N4O6/c1-2-34-21-7-14(11-26-27-19-6-5-16(28(30)31)9-20(19)29(32)33)17(23)10-22(21)35-12-13-3-4-15(24)8-18(13)25/h3-11,27H,2,12H2,1H3/b26-11+. The van der Waals surface area contributed by atoms with Gasteiger partial charge in [0, 0.05) is 31.7 Å². The van der Waals surface area contributed by atoms with Gasteiger partial charge in [-0.3, -0.25) is 25.7 Å². The monoisotopic (exact) mass is 582 g/mol. The minimum Gasteiger partial charge on any atom is -0.490 e. The second-order valence-corrected chi connectivity index (χ2v) is 8.56. The first-order valence-corrected chi connectivity index (χ1v) is 11.5. The molecule has 0 heterocycles. The first-order chi connectivity index (χ1) is 16.7. The van der Waals surface area contributed by atoms with E-state index in [1.807, 2.05) is 6.92 Å². The summed E-state index contributed by atoms with van der Waals surface area (Å²) in [4.78, 5) is 20.7. The molecule has 0 aromatic heterocycles. The van der Waals surface area contributed by atoms with Gasteiger partial charge in [-0.2, -0.15) is 5.10 Å². The summed E-state index contributed by atoms with van der Waals surface area (Å²) >= 11 is 15.6. The second-order valence-electron chi connectivity index (χ2n) is 6.86. The molecule has 13 heteroatoms. The molecule has 3 aromatic carbocycles. The fourth-order valence-electron chi connectivity index (χ4n) is 2.88. The van der Waals surface area contributed by atoms with Crippen molar-refractivity contribution in [3.8, 4) is 11.5 Å². The van der Waals surface area contributed by atoms with Crippen molar-refractivity contribution in [3.63, 3.8) is 0 Å². The number of hydrogen-bond acceptors (Lipinski definition) is 8. The summed E-state index contributed by atoms with van der Waals surface area (Å²) in [6.07, 6.45) is 1.41. The van der Waals surface area contributed by atoms with Crippen LogP contribution < -0.4 is 14.9 Å². The smallest absolute Gasteiger partial charge is 0.301 e. The van der Waals surface area contributed by atoms with Gasteiger partial charge in [0.2, 0.25) is 0 Å². The number of halogens is 3. The number of nitro groups is 2. The lowest BCUT2D eigenvalue weighted by Gasteiger charge is -2.14. The van der Waals surface area contributed by atoms with Crippen LogP contribution in [0.4, 0.5) is 17.1 Å². The van der Waals surface area contributed by atoms with Gasteiger partial charge >= 0.3 is 5.69 Å². The Balaban J connectivity index is 1.81.